The number of hydrazine groups is 1. The summed E-state index contributed by atoms with van der Waals surface area (Å²) in [5.41, 5.74) is 8.87. The lowest BCUT2D eigenvalue weighted by Gasteiger charge is -2.12. The zero-order valence-electron chi connectivity index (χ0n) is 13.7. The summed E-state index contributed by atoms with van der Waals surface area (Å²) in [7, 11) is 0. The van der Waals surface area contributed by atoms with Gasteiger partial charge in [0, 0.05) is 5.69 Å². The molecule has 0 radical (unpaired) electrons. The number of hydrogen-bond donors (Lipinski definition) is 3. The van der Waals surface area contributed by atoms with Gasteiger partial charge in [-0.15, -0.1) is 5.10 Å². The number of nitrogens with one attached hydrogen (secondary N) is 3. The van der Waals surface area contributed by atoms with Crippen molar-refractivity contribution in [1.82, 2.24) is 25.8 Å². The average molecular weight is 354 g/mol. The number of benzene rings is 2. The van der Waals surface area contributed by atoms with Crippen LogP contribution >= 0.6 is 12.2 Å². The van der Waals surface area contributed by atoms with Crippen LogP contribution in [0.3, 0.4) is 0 Å². The predicted molar refractivity (Wildman–Crippen MR) is 101 cm³/mol. The van der Waals surface area contributed by atoms with E-state index in [2.05, 4.69) is 33.4 Å². The van der Waals surface area contributed by atoms with E-state index in [0.717, 1.165) is 23.1 Å². The van der Waals surface area contributed by atoms with Gasteiger partial charge >= 0.3 is 0 Å². The van der Waals surface area contributed by atoms with E-state index >= 15 is 0 Å². The summed E-state index contributed by atoms with van der Waals surface area (Å²) < 4.78 is 1.53. The van der Waals surface area contributed by atoms with Gasteiger partial charge in [-0.1, -0.05) is 36.4 Å². The lowest BCUT2D eigenvalue weighted by Crippen LogP contribution is -2.45. The fourth-order valence-corrected chi connectivity index (χ4v) is 2.49. The third-order valence-corrected chi connectivity index (χ3v) is 3.85. The molecule has 25 heavy (non-hydrogen) atoms. The number of hydrogen-bond acceptors (Lipinski definition) is 4. The normalized spacial score (nSPS) is 10.4. The first kappa shape index (κ1) is 16.8. The summed E-state index contributed by atoms with van der Waals surface area (Å²) in [5, 5.41) is 11.3. The van der Waals surface area contributed by atoms with Gasteiger partial charge in [0.25, 0.3) is 5.91 Å². The molecule has 2 aromatic carbocycles. The predicted octanol–water partition coefficient (Wildman–Crippen LogP) is 2.01. The number of nitrogens with zero attached hydrogens (tertiary/aromatic N) is 3. The molecule has 7 nitrogen and oxygen atoms in total. The van der Waals surface area contributed by atoms with Gasteiger partial charge < -0.3 is 5.32 Å². The molecule has 0 aliphatic rings. The molecule has 1 amide bonds. The maximum Gasteiger partial charge on any atom is 0.260 e. The molecule has 3 N–H and O–H groups in total. The highest BCUT2D eigenvalue weighted by Crippen LogP contribution is 2.10. The molecular formula is C17H18N6OS. The topological polar surface area (TPSA) is 83.9 Å². The van der Waals surface area contributed by atoms with Gasteiger partial charge in [0.15, 0.2) is 5.11 Å². The first-order valence-electron chi connectivity index (χ1n) is 7.88. The van der Waals surface area contributed by atoms with Crippen LogP contribution in [-0.2, 0) is 17.8 Å². The second-order valence-corrected chi connectivity index (χ2v) is 5.82. The second-order valence-electron chi connectivity index (χ2n) is 5.41. The molecule has 0 aliphatic heterocycles. The highest BCUT2D eigenvalue weighted by molar-refractivity contribution is 7.80. The third kappa shape index (κ3) is 4.30. The molecule has 128 valence electrons. The lowest BCUT2D eigenvalue weighted by molar-refractivity contribution is -0.122. The number of thiocarbonyl (C=S) groups is 1. The molecule has 8 heteroatoms. The number of aromatic nitrogens is 3. The van der Waals surface area contributed by atoms with E-state index in [-0.39, 0.29) is 12.5 Å². The van der Waals surface area contributed by atoms with Crippen LogP contribution in [0, 0.1) is 0 Å². The molecule has 1 aromatic heterocycles. The minimum absolute atomic E-state index is 0.0430. The van der Waals surface area contributed by atoms with Crippen molar-refractivity contribution in [2.24, 2.45) is 0 Å². The number of aryl methyl sites for hydroxylation is 1. The van der Waals surface area contributed by atoms with Crippen molar-refractivity contribution in [3.63, 3.8) is 0 Å². The maximum absolute atomic E-state index is 12.0. The van der Waals surface area contributed by atoms with E-state index in [1.54, 1.807) is 0 Å². The number of carbonyl (C=O) groups excluding carboxylic acids is 1. The van der Waals surface area contributed by atoms with Crippen molar-refractivity contribution >= 4 is 40.0 Å². The summed E-state index contributed by atoms with van der Waals surface area (Å²) in [4.78, 5) is 12.0. The molecule has 3 aromatic rings. The van der Waals surface area contributed by atoms with Crippen LogP contribution in [0.5, 0.6) is 0 Å². The molecule has 0 aliphatic carbocycles. The zero-order chi connectivity index (χ0) is 17.6. The number of fused-ring (bicyclic) bond motifs is 1. The molecule has 0 unspecified atom stereocenters. The number of anilines is 1. The number of para-hydroxylation sites is 1. The monoisotopic (exact) mass is 354 g/mol. The molecule has 0 fully saturated rings. The van der Waals surface area contributed by atoms with E-state index in [1.807, 2.05) is 48.5 Å². The fourth-order valence-electron chi connectivity index (χ4n) is 2.32. The summed E-state index contributed by atoms with van der Waals surface area (Å²) >= 11 is 5.17. The molecule has 0 spiro atoms. The van der Waals surface area contributed by atoms with Gasteiger partial charge in [0.1, 0.15) is 12.1 Å². The minimum Gasteiger partial charge on any atom is -0.331 e. The highest BCUT2D eigenvalue weighted by Gasteiger charge is 2.08. The van der Waals surface area contributed by atoms with Crippen LogP contribution in [0.2, 0.25) is 0 Å². The Labute approximate surface area is 150 Å². The molecule has 1 heterocycles. The van der Waals surface area contributed by atoms with Gasteiger partial charge in [-0.05, 0) is 48.5 Å². The van der Waals surface area contributed by atoms with Gasteiger partial charge in [-0.3, -0.25) is 15.6 Å². The summed E-state index contributed by atoms with van der Waals surface area (Å²) in [5.74, 6) is -0.277. The Kier molecular flexibility index (Phi) is 5.20. The molecule has 0 saturated carbocycles. The van der Waals surface area contributed by atoms with Gasteiger partial charge in [-0.25, -0.2) is 4.68 Å². The van der Waals surface area contributed by atoms with Gasteiger partial charge in [-0.2, -0.15) is 0 Å². The van der Waals surface area contributed by atoms with Crippen LogP contribution < -0.4 is 16.2 Å². The van der Waals surface area contributed by atoms with E-state index in [9.17, 15) is 4.79 Å². The Morgan fingerprint density at radius 3 is 2.64 bits per heavy atom. The smallest absolute Gasteiger partial charge is 0.260 e. The third-order valence-electron chi connectivity index (χ3n) is 3.65. The van der Waals surface area contributed by atoms with Crippen LogP contribution in [-0.4, -0.2) is 26.0 Å². The Morgan fingerprint density at radius 1 is 1.12 bits per heavy atom. The van der Waals surface area contributed by atoms with Crippen molar-refractivity contribution in [2.75, 3.05) is 5.32 Å². The fraction of sp³-hybridized carbons (Fsp3) is 0.176. The highest BCUT2D eigenvalue weighted by atomic mass is 32.1. The van der Waals surface area contributed by atoms with Crippen molar-refractivity contribution in [2.45, 2.75) is 19.9 Å². The largest absolute Gasteiger partial charge is 0.331 e. The Morgan fingerprint density at radius 2 is 1.88 bits per heavy atom. The van der Waals surface area contributed by atoms with Gasteiger partial charge in [0.05, 0.1) is 5.52 Å². The number of rotatable bonds is 4. The zero-order valence-corrected chi connectivity index (χ0v) is 14.5. The average Bonchev–Trinajstić information content (AvgIpc) is 3.04. The van der Waals surface area contributed by atoms with Crippen LogP contribution in [0.15, 0.2) is 48.5 Å². The molecule has 0 atom stereocenters. The molecule has 0 saturated heterocycles. The molecule has 3 rings (SSSR count). The summed E-state index contributed by atoms with van der Waals surface area (Å²) in [6, 6.07) is 15.4. The van der Waals surface area contributed by atoms with E-state index in [0.29, 0.717) is 5.11 Å². The Balaban J connectivity index is 1.50. The van der Waals surface area contributed by atoms with E-state index < -0.39 is 0 Å². The maximum atomic E-state index is 12.0. The molecule has 0 bridgehead atoms. The quantitative estimate of drug-likeness (QED) is 0.491. The summed E-state index contributed by atoms with van der Waals surface area (Å²) in [6.07, 6.45) is 0.982. The number of amides is 1. The summed E-state index contributed by atoms with van der Waals surface area (Å²) in [6.45, 7) is 2.14. The second kappa shape index (κ2) is 7.71. The van der Waals surface area contributed by atoms with E-state index in [1.165, 1.54) is 10.2 Å². The van der Waals surface area contributed by atoms with Crippen molar-refractivity contribution < 1.29 is 4.79 Å². The first-order chi connectivity index (χ1) is 12.2. The lowest BCUT2D eigenvalue weighted by atomic mass is 10.1. The van der Waals surface area contributed by atoms with Crippen LogP contribution in [0.25, 0.3) is 11.0 Å². The van der Waals surface area contributed by atoms with Crippen LogP contribution in [0.1, 0.15) is 12.5 Å². The van der Waals surface area contributed by atoms with Crippen LogP contribution in [0.4, 0.5) is 5.69 Å². The standard InChI is InChI=1S/C17H18N6OS/c1-2-12-7-9-13(10-8-12)18-17(25)21-20-16(24)11-23-15-6-4-3-5-14(15)19-22-23/h3-10H,2,11H2,1H3,(H,20,24)(H2,18,21,25). The van der Waals surface area contributed by atoms with Crippen molar-refractivity contribution in [3.05, 3.63) is 54.1 Å². The first-order valence-corrected chi connectivity index (χ1v) is 8.29. The van der Waals surface area contributed by atoms with E-state index in [4.69, 9.17) is 12.2 Å². The Hall–Kier alpha value is -3.00. The molecular weight excluding hydrogens is 336 g/mol. The van der Waals surface area contributed by atoms with Crippen molar-refractivity contribution in [3.8, 4) is 0 Å². The number of carbonyl (C=O) groups is 1. The van der Waals surface area contributed by atoms with Gasteiger partial charge in [0.2, 0.25) is 0 Å². The Bertz CT molecular complexity index is 890. The minimum atomic E-state index is -0.277. The SMILES string of the molecule is CCc1ccc(NC(=S)NNC(=O)Cn2nnc3ccccc32)cc1. The van der Waals surface area contributed by atoms with Crippen molar-refractivity contribution in [1.29, 1.82) is 0 Å².